The van der Waals surface area contributed by atoms with Gasteiger partial charge >= 0.3 is 0 Å². The molecule has 112 valence electrons. The maximum atomic E-state index is 12.1. The number of likely N-dealkylation sites (tertiary alicyclic amines) is 1. The number of hydrogen-bond acceptors (Lipinski definition) is 3. The summed E-state index contributed by atoms with van der Waals surface area (Å²) in [7, 11) is 0. The lowest BCUT2D eigenvalue weighted by Crippen LogP contribution is -2.44. The van der Waals surface area contributed by atoms with Crippen LogP contribution in [0.1, 0.15) is 44.0 Å². The highest BCUT2D eigenvalue weighted by atomic mass is 16.1. The van der Waals surface area contributed by atoms with Gasteiger partial charge in [0.15, 0.2) is 0 Å². The van der Waals surface area contributed by atoms with Crippen molar-refractivity contribution in [2.24, 2.45) is 5.92 Å². The number of rotatable bonds is 5. The first-order valence-corrected chi connectivity index (χ1v) is 7.64. The zero-order chi connectivity index (χ0) is 14.5. The number of aromatic nitrogens is 2. The highest BCUT2D eigenvalue weighted by Gasteiger charge is 2.19. The second kappa shape index (κ2) is 6.88. The Morgan fingerprint density at radius 2 is 2.20 bits per heavy atom. The molecule has 20 heavy (non-hydrogen) atoms. The molecule has 0 aromatic carbocycles. The minimum Gasteiger partial charge on any atom is -0.348 e. The average Bonchev–Trinajstić information content (AvgIpc) is 2.90. The quantitative estimate of drug-likeness (QED) is 0.893. The van der Waals surface area contributed by atoms with Gasteiger partial charge in [-0.2, -0.15) is 5.10 Å². The molecule has 0 bridgehead atoms. The third-order valence-electron chi connectivity index (χ3n) is 4.01. The summed E-state index contributed by atoms with van der Waals surface area (Å²) in [6.45, 7) is 10.4. The molecule has 2 rings (SSSR count). The monoisotopic (exact) mass is 278 g/mol. The van der Waals surface area contributed by atoms with Gasteiger partial charge in [-0.15, -0.1) is 0 Å². The van der Waals surface area contributed by atoms with Gasteiger partial charge in [0.2, 0.25) is 0 Å². The van der Waals surface area contributed by atoms with Crippen LogP contribution in [0.25, 0.3) is 0 Å². The summed E-state index contributed by atoms with van der Waals surface area (Å²) in [5.74, 6) is 0.818. The molecule has 0 saturated carbocycles. The number of amides is 1. The van der Waals surface area contributed by atoms with Gasteiger partial charge in [0.05, 0.1) is 11.8 Å². The molecule has 1 aromatic rings. The number of hydrogen-bond donors (Lipinski definition) is 1. The molecule has 1 N–H and O–H groups in total. The number of nitrogens with one attached hydrogen (secondary N) is 1. The zero-order valence-corrected chi connectivity index (χ0v) is 12.8. The lowest BCUT2D eigenvalue weighted by molar-refractivity contribution is 0.0921. The van der Waals surface area contributed by atoms with E-state index in [9.17, 15) is 4.79 Å². The summed E-state index contributed by atoms with van der Waals surface area (Å²) in [6.07, 6.45) is 5.96. The maximum absolute atomic E-state index is 12.1. The lowest BCUT2D eigenvalue weighted by Gasteiger charge is -2.32. The predicted molar refractivity (Wildman–Crippen MR) is 79.7 cm³/mol. The summed E-state index contributed by atoms with van der Waals surface area (Å²) in [6, 6.07) is 0.167. The third-order valence-corrected chi connectivity index (χ3v) is 4.01. The molecular formula is C15H26N4O. The van der Waals surface area contributed by atoms with Gasteiger partial charge in [-0.1, -0.05) is 6.92 Å². The minimum atomic E-state index is -0.0254. The van der Waals surface area contributed by atoms with Crippen LogP contribution in [0.3, 0.4) is 0 Å². The second-order valence-corrected chi connectivity index (χ2v) is 5.94. The Labute approximate surface area is 121 Å². The summed E-state index contributed by atoms with van der Waals surface area (Å²) >= 11 is 0. The van der Waals surface area contributed by atoms with E-state index in [2.05, 4.69) is 29.2 Å². The van der Waals surface area contributed by atoms with E-state index in [1.165, 1.54) is 12.8 Å². The van der Waals surface area contributed by atoms with Crippen molar-refractivity contribution in [3.8, 4) is 0 Å². The molecule has 0 aliphatic carbocycles. The van der Waals surface area contributed by atoms with Crippen LogP contribution in [-0.4, -0.2) is 46.3 Å². The Kier molecular flexibility index (Phi) is 5.17. The Bertz CT molecular complexity index is 435. The molecule has 0 spiro atoms. The topological polar surface area (TPSA) is 50.2 Å². The fraction of sp³-hybridized carbons (Fsp3) is 0.733. The number of nitrogens with zero attached hydrogens (tertiary/aromatic N) is 3. The highest BCUT2D eigenvalue weighted by Crippen LogP contribution is 2.15. The van der Waals surface area contributed by atoms with Crippen molar-refractivity contribution < 1.29 is 4.79 Å². The fourth-order valence-corrected chi connectivity index (χ4v) is 2.64. The normalized spacial score (nSPS) is 18.9. The Hall–Kier alpha value is -1.36. The first-order chi connectivity index (χ1) is 9.58. The molecule has 5 heteroatoms. The first kappa shape index (κ1) is 15.0. The molecule has 1 aliphatic heterocycles. The van der Waals surface area contributed by atoms with Crippen molar-refractivity contribution in [1.82, 2.24) is 20.0 Å². The fourth-order valence-electron chi connectivity index (χ4n) is 2.64. The zero-order valence-electron chi connectivity index (χ0n) is 12.8. The van der Waals surface area contributed by atoms with E-state index < -0.39 is 0 Å². The van der Waals surface area contributed by atoms with E-state index in [1.807, 2.05) is 6.92 Å². The van der Waals surface area contributed by atoms with Gasteiger partial charge in [0.25, 0.3) is 5.91 Å². The summed E-state index contributed by atoms with van der Waals surface area (Å²) in [4.78, 5) is 14.5. The predicted octanol–water partition coefficient (Wildman–Crippen LogP) is 1.75. The van der Waals surface area contributed by atoms with Gasteiger partial charge in [-0.05, 0) is 45.7 Å². The van der Waals surface area contributed by atoms with Gasteiger partial charge in [-0.25, -0.2) is 0 Å². The number of piperidine rings is 1. The van der Waals surface area contributed by atoms with Gasteiger partial charge in [-0.3, -0.25) is 9.48 Å². The molecule has 5 nitrogen and oxygen atoms in total. The van der Waals surface area contributed by atoms with Crippen molar-refractivity contribution in [2.75, 3.05) is 19.6 Å². The van der Waals surface area contributed by atoms with Crippen molar-refractivity contribution in [2.45, 2.75) is 46.2 Å². The maximum Gasteiger partial charge on any atom is 0.254 e. The molecule has 1 fully saturated rings. The van der Waals surface area contributed by atoms with Crippen LogP contribution in [0, 0.1) is 5.92 Å². The highest BCUT2D eigenvalue weighted by molar-refractivity contribution is 5.93. The molecule has 0 unspecified atom stereocenters. The first-order valence-electron chi connectivity index (χ1n) is 7.64. The van der Waals surface area contributed by atoms with Crippen LogP contribution in [0.2, 0.25) is 0 Å². The van der Waals surface area contributed by atoms with E-state index in [-0.39, 0.29) is 11.9 Å². The van der Waals surface area contributed by atoms with Gasteiger partial charge in [0, 0.05) is 25.3 Å². The van der Waals surface area contributed by atoms with E-state index >= 15 is 0 Å². The Morgan fingerprint density at radius 3 is 2.80 bits per heavy atom. The molecule has 1 atom stereocenters. The van der Waals surface area contributed by atoms with Crippen molar-refractivity contribution in [3.05, 3.63) is 18.0 Å². The number of aryl methyl sites for hydroxylation is 1. The van der Waals surface area contributed by atoms with Crippen LogP contribution in [0.15, 0.2) is 12.4 Å². The van der Waals surface area contributed by atoms with E-state index in [0.717, 1.165) is 32.1 Å². The number of carbonyl (C=O) groups is 1. The van der Waals surface area contributed by atoms with Gasteiger partial charge in [0.1, 0.15) is 0 Å². The Morgan fingerprint density at radius 1 is 1.50 bits per heavy atom. The van der Waals surface area contributed by atoms with E-state index in [4.69, 9.17) is 0 Å². The SMILES string of the molecule is CCn1cc(C(=O)N[C@@H](C)CN2CCC(C)CC2)cn1. The van der Waals surface area contributed by atoms with Crippen LogP contribution in [-0.2, 0) is 6.54 Å². The molecule has 1 amide bonds. The van der Waals surface area contributed by atoms with Crippen LogP contribution in [0.5, 0.6) is 0 Å². The molecule has 1 aliphatic rings. The molecular weight excluding hydrogens is 252 g/mol. The Balaban J connectivity index is 1.78. The van der Waals surface area contributed by atoms with Gasteiger partial charge < -0.3 is 10.2 Å². The van der Waals surface area contributed by atoms with Crippen LogP contribution in [0.4, 0.5) is 0 Å². The minimum absolute atomic E-state index is 0.0254. The number of carbonyl (C=O) groups excluding carboxylic acids is 1. The van der Waals surface area contributed by atoms with Crippen LogP contribution >= 0.6 is 0 Å². The molecule has 2 heterocycles. The molecule has 1 saturated heterocycles. The smallest absolute Gasteiger partial charge is 0.254 e. The lowest BCUT2D eigenvalue weighted by atomic mass is 9.99. The molecule has 1 aromatic heterocycles. The third kappa shape index (κ3) is 4.07. The molecule has 0 radical (unpaired) electrons. The van der Waals surface area contributed by atoms with Crippen LogP contribution < -0.4 is 5.32 Å². The van der Waals surface area contributed by atoms with E-state index in [1.54, 1.807) is 17.1 Å². The largest absolute Gasteiger partial charge is 0.348 e. The van der Waals surface area contributed by atoms with Crippen molar-refractivity contribution in [1.29, 1.82) is 0 Å². The van der Waals surface area contributed by atoms with Crippen molar-refractivity contribution >= 4 is 5.91 Å². The van der Waals surface area contributed by atoms with Crippen molar-refractivity contribution in [3.63, 3.8) is 0 Å². The summed E-state index contributed by atoms with van der Waals surface area (Å²) in [5.41, 5.74) is 0.644. The summed E-state index contributed by atoms with van der Waals surface area (Å²) in [5, 5.41) is 7.19. The summed E-state index contributed by atoms with van der Waals surface area (Å²) < 4.78 is 1.77. The van der Waals surface area contributed by atoms with E-state index in [0.29, 0.717) is 5.56 Å². The standard InChI is InChI=1S/C15H26N4O/c1-4-19-11-14(9-16-19)15(20)17-13(3)10-18-7-5-12(2)6-8-18/h9,11-13H,4-8,10H2,1-3H3,(H,17,20)/t13-/m0/s1. The second-order valence-electron chi connectivity index (χ2n) is 5.94. The average molecular weight is 278 g/mol.